The summed E-state index contributed by atoms with van der Waals surface area (Å²) >= 11 is 0. The van der Waals surface area contributed by atoms with E-state index in [1.165, 1.54) is 4.90 Å². The van der Waals surface area contributed by atoms with Gasteiger partial charge in [-0.25, -0.2) is 4.79 Å². The Labute approximate surface area is 225 Å². The fourth-order valence-corrected chi connectivity index (χ4v) is 5.41. The number of hydrogen-bond donors (Lipinski definition) is 3. The highest BCUT2D eigenvalue weighted by atomic mass is 19.4. The summed E-state index contributed by atoms with van der Waals surface area (Å²) in [5.41, 5.74) is 1.16. The number of alkyl carbamates (subject to hydrolysis) is 1. The van der Waals surface area contributed by atoms with Crippen LogP contribution >= 0.6 is 0 Å². The van der Waals surface area contributed by atoms with E-state index in [9.17, 15) is 37.1 Å². The number of carbonyl (C=O) groups is 5. The monoisotopic (exact) mass is 560 g/mol. The van der Waals surface area contributed by atoms with Crippen molar-refractivity contribution >= 4 is 29.6 Å². The predicted molar refractivity (Wildman–Crippen MR) is 133 cm³/mol. The van der Waals surface area contributed by atoms with Gasteiger partial charge in [0, 0.05) is 6.54 Å². The molecular weight excluding hydrogens is 521 g/mol. The quantitative estimate of drug-likeness (QED) is 0.369. The molecular formula is C26H39F3N4O6. The van der Waals surface area contributed by atoms with E-state index < -0.39 is 64.9 Å². The minimum atomic E-state index is -4.84. The average molecular weight is 561 g/mol. The second-order valence-corrected chi connectivity index (χ2v) is 13.2. The van der Waals surface area contributed by atoms with Crippen molar-refractivity contribution in [1.29, 1.82) is 0 Å². The van der Waals surface area contributed by atoms with Gasteiger partial charge in [0.15, 0.2) is 0 Å². The average Bonchev–Trinajstić information content (AvgIpc) is 3.61. The zero-order valence-corrected chi connectivity index (χ0v) is 23.4. The van der Waals surface area contributed by atoms with Gasteiger partial charge in [0.25, 0.3) is 5.91 Å². The van der Waals surface area contributed by atoms with Crippen LogP contribution in [-0.4, -0.2) is 70.9 Å². The molecule has 3 rings (SSSR count). The molecule has 13 heteroatoms. The van der Waals surface area contributed by atoms with Gasteiger partial charge >= 0.3 is 12.3 Å². The summed E-state index contributed by atoms with van der Waals surface area (Å²) in [4.78, 5) is 65.2. The molecule has 2 aliphatic carbocycles. The lowest BCUT2D eigenvalue weighted by molar-refractivity contribution is -0.244. The van der Waals surface area contributed by atoms with Crippen LogP contribution in [0.2, 0.25) is 0 Å². The van der Waals surface area contributed by atoms with Crippen LogP contribution in [-0.2, 0) is 23.9 Å². The Morgan fingerprint density at radius 2 is 1.59 bits per heavy atom. The number of hydrogen-bond acceptors (Lipinski definition) is 6. The number of piperidine rings is 1. The number of nitrogens with one attached hydrogen (secondary N) is 2. The van der Waals surface area contributed by atoms with Gasteiger partial charge in [-0.15, -0.1) is 0 Å². The molecule has 4 N–H and O–H groups in total. The highest BCUT2D eigenvalue weighted by Gasteiger charge is 2.70. The topological polar surface area (TPSA) is 148 Å². The molecule has 39 heavy (non-hydrogen) atoms. The van der Waals surface area contributed by atoms with Crippen LogP contribution in [0.15, 0.2) is 0 Å². The van der Waals surface area contributed by atoms with E-state index in [1.54, 1.807) is 20.8 Å². The van der Waals surface area contributed by atoms with Gasteiger partial charge in [-0.3, -0.25) is 19.2 Å². The van der Waals surface area contributed by atoms with Gasteiger partial charge in [0.1, 0.15) is 12.1 Å². The number of Topliss-reactive ketones (excluding diaryl/α,β-unsaturated/α-hetero) is 1. The molecule has 0 aromatic carbocycles. The van der Waals surface area contributed by atoms with Crippen molar-refractivity contribution in [3.8, 4) is 0 Å². The molecule has 1 saturated heterocycles. The van der Waals surface area contributed by atoms with E-state index in [0.29, 0.717) is 13.8 Å². The lowest BCUT2D eigenvalue weighted by Gasteiger charge is -2.38. The minimum Gasteiger partial charge on any atom is -0.434 e. The lowest BCUT2D eigenvalue weighted by atomic mass is 9.85. The van der Waals surface area contributed by atoms with Crippen molar-refractivity contribution in [3.63, 3.8) is 0 Å². The van der Waals surface area contributed by atoms with E-state index in [4.69, 9.17) is 5.73 Å². The summed E-state index contributed by atoms with van der Waals surface area (Å²) in [5.74, 6) is -3.45. The Morgan fingerprint density at radius 3 is 2.05 bits per heavy atom. The first-order chi connectivity index (χ1) is 17.6. The van der Waals surface area contributed by atoms with Crippen molar-refractivity contribution < 1.29 is 41.9 Å². The summed E-state index contributed by atoms with van der Waals surface area (Å²) in [5, 5.41) is 4.92. The van der Waals surface area contributed by atoms with Crippen molar-refractivity contribution in [2.45, 2.75) is 97.6 Å². The third-order valence-electron chi connectivity index (χ3n) is 8.31. The van der Waals surface area contributed by atoms with Crippen LogP contribution in [0.1, 0.15) is 67.7 Å². The normalized spacial score (nSPS) is 25.7. The van der Waals surface area contributed by atoms with Crippen LogP contribution < -0.4 is 16.4 Å². The predicted octanol–water partition coefficient (Wildman–Crippen LogP) is 2.29. The summed E-state index contributed by atoms with van der Waals surface area (Å²) in [6.45, 7) is 10.4. The molecule has 3 fully saturated rings. The molecule has 4 amide bonds. The highest BCUT2D eigenvalue weighted by Crippen LogP contribution is 2.65. The molecule has 2 saturated carbocycles. The van der Waals surface area contributed by atoms with E-state index >= 15 is 0 Å². The van der Waals surface area contributed by atoms with Crippen molar-refractivity contribution in [3.05, 3.63) is 0 Å². The Morgan fingerprint density at radius 1 is 1.03 bits per heavy atom. The maximum atomic E-state index is 13.8. The third kappa shape index (κ3) is 6.32. The van der Waals surface area contributed by atoms with Crippen molar-refractivity contribution in [2.24, 2.45) is 34.3 Å². The van der Waals surface area contributed by atoms with E-state index in [1.807, 2.05) is 13.8 Å². The molecule has 1 aliphatic heterocycles. The second-order valence-electron chi connectivity index (χ2n) is 13.2. The van der Waals surface area contributed by atoms with Gasteiger partial charge in [0.05, 0.1) is 6.04 Å². The number of ether oxygens (including phenoxy) is 1. The molecule has 5 atom stereocenters. The standard InChI is InChI=1S/C26H39F3N4O6/c1-23(2,3)18(32-22(38)39-25(6,7)26(27,28)29)21(37)33-11-13-15(24(13,4)5)16(33)20(36)31-14(10-12-8-9-12)17(34)19(30)35/h12-16,18H,8-11H2,1-7H3,(H2,30,35)(H,31,36)(H,32,38)/t13-,14?,15-,16-,18?/m0/s1. The smallest absolute Gasteiger partial charge is 0.427 e. The molecule has 1 heterocycles. The van der Waals surface area contributed by atoms with Crippen molar-refractivity contribution in [1.82, 2.24) is 15.5 Å². The maximum absolute atomic E-state index is 13.8. The van der Waals surface area contributed by atoms with E-state index in [0.717, 1.165) is 12.8 Å². The van der Waals surface area contributed by atoms with E-state index in [2.05, 4.69) is 15.4 Å². The van der Waals surface area contributed by atoms with Crippen LogP contribution in [0.4, 0.5) is 18.0 Å². The Kier molecular flexibility index (Phi) is 7.83. The maximum Gasteiger partial charge on any atom is 0.427 e. The van der Waals surface area contributed by atoms with Crippen molar-refractivity contribution in [2.75, 3.05) is 6.54 Å². The molecule has 0 aromatic rings. The number of alkyl halides is 3. The van der Waals surface area contributed by atoms with Crippen LogP contribution in [0.3, 0.4) is 0 Å². The van der Waals surface area contributed by atoms with Crippen LogP contribution in [0.5, 0.6) is 0 Å². The second kappa shape index (κ2) is 9.96. The zero-order chi connectivity index (χ0) is 29.9. The fraction of sp³-hybridized carbons (Fsp3) is 0.808. The van der Waals surface area contributed by atoms with Crippen LogP contribution in [0.25, 0.3) is 0 Å². The molecule has 0 aromatic heterocycles. The van der Waals surface area contributed by atoms with Gasteiger partial charge in [-0.2, -0.15) is 13.2 Å². The third-order valence-corrected chi connectivity index (χ3v) is 8.31. The molecule has 220 valence electrons. The molecule has 2 unspecified atom stereocenters. The number of halogens is 3. The van der Waals surface area contributed by atoms with Gasteiger partial charge < -0.3 is 26.0 Å². The first-order valence-electron chi connectivity index (χ1n) is 13.1. The molecule has 0 radical (unpaired) electrons. The Bertz CT molecular complexity index is 1050. The number of nitrogens with zero attached hydrogens (tertiary/aromatic N) is 1. The molecule has 0 spiro atoms. The summed E-state index contributed by atoms with van der Waals surface area (Å²) in [7, 11) is 0. The largest absolute Gasteiger partial charge is 0.434 e. The van der Waals surface area contributed by atoms with Gasteiger partial charge in [0.2, 0.25) is 23.2 Å². The molecule has 10 nitrogen and oxygen atoms in total. The summed E-state index contributed by atoms with van der Waals surface area (Å²) < 4.78 is 44.4. The summed E-state index contributed by atoms with van der Waals surface area (Å²) in [6, 6.07) is -3.44. The van der Waals surface area contributed by atoms with Crippen LogP contribution in [0, 0.1) is 28.6 Å². The fourth-order valence-electron chi connectivity index (χ4n) is 5.41. The van der Waals surface area contributed by atoms with Gasteiger partial charge in [-0.05, 0) is 48.9 Å². The Balaban J connectivity index is 1.83. The molecule has 3 aliphatic rings. The zero-order valence-electron chi connectivity index (χ0n) is 23.4. The molecule has 0 bridgehead atoms. The number of carbonyl (C=O) groups excluding carboxylic acids is 5. The highest BCUT2D eigenvalue weighted by molar-refractivity contribution is 6.37. The number of ketones is 1. The number of fused-ring (bicyclic) bond motifs is 1. The number of likely N-dealkylation sites (tertiary alicyclic amines) is 1. The number of rotatable bonds is 9. The lowest BCUT2D eigenvalue weighted by Crippen LogP contribution is -2.61. The van der Waals surface area contributed by atoms with E-state index in [-0.39, 0.29) is 36.1 Å². The SMILES string of the molecule is CC(C)(C)C(NC(=O)OC(C)(C)C(F)(F)F)C(=O)N1C[C@H]2[C@@H]([C@H]1C(=O)NC(CC1CC1)C(=O)C(N)=O)C2(C)C. The minimum absolute atomic E-state index is 0.0392. The summed E-state index contributed by atoms with van der Waals surface area (Å²) in [6.07, 6.45) is -4.27. The first kappa shape index (κ1) is 30.7. The van der Waals surface area contributed by atoms with Gasteiger partial charge in [-0.1, -0.05) is 47.5 Å². The number of primary amides is 1. The number of amides is 4. The number of nitrogens with two attached hydrogens (primary N) is 1. The Hall–Kier alpha value is -2.86. The first-order valence-corrected chi connectivity index (χ1v) is 13.1.